The van der Waals surface area contributed by atoms with Crippen LogP contribution in [-0.4, -0.2) is 6.54 Å². The van der Waals surface area contributed by atoms with Gasteiger partial charge in [0.1, 0.15) is 11.6 Å². The Bertz CT molecular complexity index is 596. The van der Waals surface area contributed by atoms with Gasteiger partial charge in [0, 0.05) is 11.6 Å². The Morgan fingerprint density at radius 3 is 2.48 bits per heavy atom. The molecule has 2 aromatic rings. The fourth-order valence-electron chi connectivity index (χ4n) is 2.41. The molecule has 0 aliphatic heterocycles. The highest BCUT2D eigenvalue weighted by Crippen LogP contribution is 2.23. The Morgan fingerprint density at radius 2 is 1.81 bits per heavy atom. The molecule has 1 N–H and O–H groups in total. The molecule has 0 bridgehead atoms. The highest BCUT2D eigenvalue weighted by Gasteiger charge is 2.17. The van der Waals surface area contributed by atoms with Gasteiger partial charge in [-0.25, -0.2) is 8.78 Å². The van der Waals surface area contributed by atoms with E-state index < -0.39 is 0 Å². The highest BCUT2D eigenvalue weighted by atomic mass is 19.1. The van der Waals surface area contributed by atoms with E-state index in [9.17, 15) is 8.78 Å². The van der Waals surface area contributed by atoms with E-state index in [4.69, 9.17) is 0 Å². The van der Waals surface area contributed by atoms with Crippen molar-refractivity contribution in [3.05, 3.63) is 70.8 Å². The second kappa shape index (κ2) is 7.32. The van der Waals surface area contributed by atoms with Gasteiger partial charge in [-0.15, -0.1) is 0 Å². The van der Waals surface area contributed by atoms with Crippen LogP contribution in [0, 0.1) is 18.6 Å². The maximum Gasteiger partial charge on any atom is 0.128 e. The van der Waals surface area contributed by atoms with E-state index in [1.807, 2.05) is 13.0 Å². The molecule has 0 fully saturated rings. The summed E-state index contributed by atoms with van der Waals surface area (Å²) >= 11 is 0. The summed E-state index contributed by atoms with van der Waals surface area (Å²) < 4.78 is 28.0. The molecule has 112 valence electrons. The molecule has 1 nitrogen and oxygen atoms in total. The maximum absolute atomic E-state index is 14.2. The van der Waals surface area contributed by atoms with Crippen LogP contribution in [0.4, 0.5) is 8.78 Å². The zero-order chi connectivity index (χ0) is 15.2. The minimum Gasteiger partial charge on any atom is -0.310 e. The molecular formula is C18H21F2N. The molecule has 2 aromatic carbocycles. The van der Waals surface area contributed by atoms with Crippen molar-refractivity contribution in [3.8, 4) is 0 Å². The fourth-order valence-corrected chi connectivity index (χ4v) is 2.41. The topological polar surface area (TPSA) is 12.0 Å². The number of rotatable bonds is 6. The molecule has 0 aliphatic rings. The second-order valence-corrected chi connectivity index (χ2v) is 5.33. The Labute approximate surface area is 125 Å². The molecule has 0 spiro atoms. The summed E-state index contributed by atoms with van der Waals surface area (Å²) in [6.45, 7) is 4.68. The molecule has 21 heavy (non-hydrogen) atoms. The molecule has 0 saturated carbocycles. The smallest absolute Gasteiger partial charge is 0.128 e. The average Bonchev–Trinajstić information content (AvgIpc) is 2.46. The monoisotopic (exact) mass is 289 g/mol. The van der Waals surface area contributed by atoms with Gasteiger partial charge in [0.25, 0.3) is 0 Å². The number of halogens is 2. The minimum atomic E-state index is -0.242. The summed E-state index contributed by atoms with van der Waals surface area (Å²) in [5.74, 6) is -0.478. The van der Waals surface area contributed by atoms with Crippen molar-refractivity contribution in [2.75, 3.05) is 6.54 Å². The molecule has 1 unspecified atom stereocenters. The molecule has 3 heteroatoms. The number of hydrogen-bond donors (Lipinski definition) is 1. The van der Waals surface area contributed by atoms with Gasteiger partial charge in [-0.3, -0.25) is 0 Å². The Kier molecular flexibility index (Phi) is 5.45. The molecular weight excluding hydrogens is 268 g/mol. The summed E-state index contributed by atoms with van der Waals surface area (Å²) in [7, 11) is 0. The molecule has 1 atom stereocenters. The first-order valence-electron chi connectivity index (χ1n) is 7.34. The van der Waals surface area contributed by atoms with E-state index in [2.05, 4.69) is 12.2 Å². The van der Waals surface area contributed by atoms with Gasteiger partial charge in [0.15, 0.2) is 0 Å². The third kappa shape index (κ3) is 4.11. The van der Waals surface area contributed by atoms with Gasteiger partial charge < -0.3 is 5.32 Å². The lowest BCUT2D eigenvalue weighted by Gasteiger charge is -2.20. The van der Waals surface area contributed by atoms with Crippen LogP contribution in [0.5, 0.6) is 0 Å². The van der Waals surface area contributed by atoms with Crippen molar-refractivity contribution in [1.82, 2.24) is 5.32 Å². The third-order valence-electron chi connectivity index (χ3n) is 3.55. The Hall–Kier alpha value is -1.74. The van der Waals surface area contributed by atoms with Crippen LogP contribution in [0.2, 0.25) is 0 Å². The predicted octanol–water partition coefficient (Wildman–Crippen LogP) is 4.56. The quantitative estimate of drug-likeness (QED) is 0.822. The second-order valence-electron chi connectivity index (χ2n) is 5.33. The van der Waals surface area contributed by atoms with E-state index in [1.54, 1.807) is 24.3 Å². The number of hydrogen-bond acceptors (Lipinski definition) is 1. The van der Waals surface area contributed by atoms with Gasteiger partial charge in [-0.1, -0.05) is 37.3 Å². The number of aryl methyl sites for hydroxylation is 1. The first-order valence-corrected chi connectivity index (χ1v) is 7.34. The molecule has 0 heterocycles. The Morgan fingerprint density at radius 1 is 1.05 bits per heavy atom. The van der Waals surface area contributed by atoms with Gasteiger partial charge in [-0.2, -0.15) is 0 Å². The van der Waals surface area contributed by atoms with Crippen LogP contribution in [0.15, 0.2) is 42.5 Å². The highest BCUT2D eigenvalue weighted by molar-refractivity contribution is 5.28. The van der Waals surface area contributed by atoms with E-state index in [-0.39, 0.29) is 17.7 Å². The molecule has 0 radical (unpaired) electrons. The van der Waals surface area contributed by atoms with Gasteiger partial charge in [-0.05, 0) is 49.6 Å². The summed E-state index contributed by atoms with van der Waals surface area (Å²) in [4.78, 5) is 0. The van der Waals surface area contributed by atoms with Crippen molar-refractivity contribution in [2.45, 2.75) is 32.7 Å². The largest absolute Gasteiger partial charge is 0.310 e. The van der Waals surface area contributed by atoms with E-state index in [1.165, 1.54) is 12.1 Å². The van der Waals surface area contributed by atoms with Crippen molar-refractivity contribution < 1.29 is 8.78 Å². The van der Waals surface area contributed by atoms with Crippen LogP contribution >= 0.6 is 0 Å². The maximum atomic E-state index is 14.2. The van der Waals surface area contributed by atoms with Crippen LogP contribution in [0.1, 0.15) is 36.1 Å². The fraction of sp³-hybridized carbons (Fsp3) is 0.333. The van der Waals surface area contributed by atoms with Crippen molar-refractivity contribution in [3.63, 3.8) is 0 Å². The van der Waals surface area contributed by atoms with E-state index in [0.29, 0.717) is 17.5 Å². The van der Waals surface area contributed by atoms with Gasteiger partial charge >= 0.3 is 0 Å². The SMILES string of the molecule is CCCNC(Cc1ccccc1F)c1ccc(C)cc1F. The zero-order valence-electron chi connectivity index (χ0n) is 12.5. The minimum absolute atomic E-state index is 0.220. The van der Waals surface area contributed by atoms with Gasteiger partial charge in [0.05, 0.1) is 0 Å². The average molecular weight is 289 g/mol. The van der Waals surface area contributed by atoms with Crippen molar-refractivity contribution >= 4 is 0 Å². The predicted molar refractivity (Wildman–Crippen MR) is 82.3 cm³/mol. The van der Waals surface area contributed by atoms with Crippen LogP contribution < -0.4 is 5.32 Å². The summed E-state index contributed by atoms with van der Waals surface area (Å²) in [5.41, 5.74) is 2.08. The first kappa shape index (κ1) is 15.6. The first-order chi connectivity index (χ1) is 10.1. The van der Waals surface area contributed by atoms with Crippen molar-refractivity contribution in [2.24, 2.45) is 0 Å². The number of nitrogens with one attached hydrogen (secondary N) is 1. The lowest BCUT2D eigenvalue weighted by Crippen LogP contribution is -2.25. The molecule has 0 saturated heterocycles. The number of benzene rings is 2. The zero-order valence-corrected chi connectivity index (χ0v) is 12.5. The van der Waals surface area contributed by atoms with E-state index >= 15 is 0 Å². The van der Waals surface area contributed by atoms with Crippen LogP contribution in [0.3, 0.4) is 0 Å². The summed E-state index contributed by atoms with van der Waals surface area (Å²) in [6, 6.07) is 11.7. The van der Waals surface area contributed by atoms with Crippen LogP contribution in [-0.2, 0) is 6.42 Å². The van der Waals surface area contributed by atoms with Crippen molar-refractivity contribution in [1.29, 1.82) is 0 Å². The normalized spacial score (nSPS) is 12.4. The molecule has 0 aromatic heterocycles. The van der Waals surface area contributed by atoms with E-state index in [0.717, 1.165) is 18.5 Å². The Balaban J connectivity index is 2.27. The standard InChI is InChI=1S/C18H21F2N/c1-3-10-21-18(12-14-6-4-5-7-16(14)19)15-9-8-13(2)11-17(15)20/h4-9,11,18,21H,3,10,12H2,1-2H3. The molecule has 0 amide bonds. The van der Waals surface area contributed by atoms with Gasteiger partial charge in [0.2, 0.25) is 0 Å². The molecule has 2 rings (SSSR count). The van der Waals surface area contributed by atoms with Crippen LogP contribution in [0.25, 0.3) is 0 Å². The summed E-state index contributed by atoms with van der Waals surface area (Å²) in [6.07, 6.45) is 1.38. The molecule has 0 aliphatic carbocycles. The summed E-state index contributed by atoms with van der Waals surface area (Å²) in [5, 5.41) is 3.32. The third-order valence-corrected chi connectivity index (χ3v) is 3.55. The lowest BCUT2D eigenvalue weighted by molar-refractivity contribution is 0.486. The lowest BCUT2D eigenvalue weighted by atomic mass is 9.97.